The van der Waals surface area contributed by atoms with Crippen molar-refractivity contribution >= 4 is 45.0 Å². The Bertz CT molecular complexity index is 992. The van der Waals surface area contributed by atoms with E-state index < -0.39 is 12.1 Å². The second-order valence-corrected chi connectivity index (χ2v) is 7.98. The van der Waals surface area contributed by atoms with Crippen LogP contribution < -0.4 is 5.32 Å². The first kappa shape index (κ1) is 19.4. The molecule has 3 rings (SSSR count). The Hall–Kier alpha value is -2.38. The molecule has 0 aliphatic heterocycles. The summed E-state index contributed by atoms with van der Waals surface area (Å²) in [5, 5.41) is 8.78. The van der Waals surface area contributed by atoms with Gasteiger partial charge in [0.2, 0.25) is 0 Å². The zero-order chi connectivity index (χ0) is 19.7. The third-order valence-corrected chi connectivity index (χ3v) is 5.24. The number of amides is 1. The van der Waals surface area contributed by atoms with Crippen LogP contribution in [0.2, 0.25) is 5.02 Å². The minimum Gasteiger partial charge on any atom is -0.448 e. The van der Waals surface area contributed by atoms with E-state index in [0.29, 0.717) is 9.90 Å². The van der Waals surface area contributed by atoms with Crippen LogP contribution in [0.5, 0.6) is 0 Å². The summed E-state index contributed by atoms with van der Waals surface area (Å²) >= 11 is 7.23. The second kappa shape index (κ2) is 7.70. The third kappa shape index (κ3) is 4.14. The number of thiophene rings is 1. The van der Waals surface area contributed by atoms with Gasteiger partial charge in [-0.05, 0) is 58.0 Å². The lowest BCUT2D eigenvalue weighted by Crippen LogP contribution is -2.39. The van der Waals surface area contributed by atoms with Gasteiger partial charge in [-0.15, -0.1) is 11.3 Å². The topological polar surface area (TPSA) is 73.2 Å². The number of aryl methyl sites for hydroxylation is 1. The molecule has 0 bridgehead atoms. The highest BCUT2D eigenvalue weighted by Gasteiger charge is 2.23. The molecular formula is C19H20ClN3O3S. The molecule has 1 N–H and O–H groups in total. The molecule has 0 saturated carbocycles. The third-order valence-electron chi connectivity index (χ3n) is 3.90. The van der Waals surface area contributed by atoms with Crippen molar-refractivity contribution in [2.45, 2.75) is 39.8 Å². The number of carbonyl (C=O) groups is 2. The number of halogens is 1. The maximum atomic E-state index is 12.5. The fourth-order valence-corrected chi connectivity index (χ4v) is 3.77. The second-order valence-electron chi connectivity index (χ2n) is 6.51. The van der Waals surface area contributed by atoms with Crippen LogP contribution in [0.1, 0.15) is 36.1 Å². The fraction of sp³-hybridized carbons (Fsp3) is 0.316. The van der Waals surface area contributed by atoms with Gasteiger partial charge in [0.25, 0.3) is 5.91 Å². The summed E-state index contributed by atoms with van der Waals surface area (Å²) in [6.45, 7) is 7.15. The summed E-state index contributed by atoms with van der Waals surface area (Å²) < 4.78 is 7.09. The van der Waals surface area contributed by atoms with Crippen LogP contribution in [-0.2, 0) is 9.53 Å². The molecule has 1 atom stereocenters. The van der Waals surface area contributed by atoms with E-state index in [4.69, 9.17) is 16.3 Å². The van der Waals surface area contributed by atoms with Gasteiger partial charge in [0.1, 0.15) is 9.71 Å². The number of hydrogen-bond acceptors (Lipinski definition) is 5. The van der Waals surface area contributed by atoms with Crippen molar-refractivity contribution in [3.8, 4) is 5.69 Å². The number of benzene rings is 1. The number of ether oxygens (including phenoxy) is 1. The van der Waals surface area contributed by atoms with Crippen LogP contribution in [0.3, 0.4) is 0 Å². The van der Waals surface area contributed by atoms with E-state index in [1.807, 2.05) is 32.9 Å². The largest absolute Gasteiger partial charge is 0.448 e. The lowest BCUT2D eigenvalue weighted by molar-refractivity contribution is -0.129. The van der Waals surface area contributed by atoms with Crippen molar-refractivity contribution in [3.63, 3.8) is 0 Å². The number of nitrogens with one attached hydrogen (secondary N) is 1. The van der Waals surface area contributed by atoms with Gasteiger partial charge in [-0.1, -0.05) is 11.6 Å². The van der Waals surface area contributed by atoms with Gasteiger partial charge in [0.05, 0.1) is 11.4 Å². The average molecular weight is 406 g/mol. The molecule has 0 saturated heterocycles. The van der Waals surface area contributed by atoms with Crippen molar-refractivity contribution in [2.24, 2.45) is 0 Å². The lowest BCUT2D eigenvalue weighted by atomic mass is 10.3. The molecule has 2 heterocycles. The van der Waals surface area contributed by atoms with Crippen LogP contribution in [0, 0.1) is 6.92 Å². The summed E-state index contributed by atoms with van der Waals surface area (Å²) in [7, 11) is 0. The van der Waals surface area contributed by atoms with Crippen LogP contribution >= 0.6 is 22.9 Å². The Morgan fingerprint density at radius 1 is 1.22 bits per heavy atom. The zero-order valence-electron chi connectivity index (χ0n) is 15.4. The smallest absolute Gasteiger partial charge is 0.349 e. The highest BCUT2D eigenvalue weighted by Crippen LogP contribution is 2.31. The van der Waals surface area contributed by atoms with E-state index in [1.54, 1.807) is 29.8 Å². The van der Waals surface area contributed by atoms with E-state index >= 15 is 0 Å². The van der Waals surface area contributed by atoms with Crippen LogP contribution in [-0.4, -0.2) is 33.8 Å². The average Bonchev–Trinajstić information content (AvgIpc) is 3.16. The first-order chi connectivity index (χ1) is 12.8. The maximum Gasteiger partial charge on any atom is 0.349 e. The summed E-state index contributed by atoms with van der Waals surface area (Å²) in [4.78, 5) is 25.7. The zero-order valence-corrected chi connectivity index (χ0v) is 17.0. The maximum absolute atomic E-state index is 12.5. The number of fused-ring (bicyclic) bond motifs is 1. The van der Waals surface area contributed by atoms with Crippen LogP contribution in [0.25, 0.3) is 15.9 Å². The van der Waals surface area contributed by atoms with Crippen molar-refractivity contribution in [2.75, 3.05) is 0 Å². The number of aromatic nitrogens is 2. The molecule has 0 radical (unpaired) electrons. The number of nitrogens with zero attached hydrogens (tertiary/aromatic N) is 2. The highest BCUT2D eigenvalue weighted by atomic mass is 35.5. The summed E-state index contributed by atoms with van der Waals surface area (Å²) in [5.41, 5.74) is 1.66. The van der Waals surface area contributed by atoms with Crippen LogP contribution in [0.4, 0.5) is 0 Å². The molecule has 1 unspecified atom stereocenters. The molecule has 6 nitrogen and oxygen atoms in total. The Kier molecular flexibility index (Phi) is 5.53. The molecule has 1 amide bonds. The first-order valence-corrected chi connectivity index (χ1v) is 9.72. The Morgan fingerprint density at radius 2 is 1.89 bits per heavy atom. The van der Waals surface area contributed by atoms with E-state index in [9.17, 15) is 9.59 Å². The molecule has 3 aromatic rings. The standard InChI is InChI=1S/C19H20ClN3O3S/c1-10(2)21-17(24)12(4)26-19(25)16-9-15-11(3)22-23(18(15)27-16)14-7-5-13(20)6-8-14/h5-10,12H,1-4H3,(H,21,24). The van der Waals surface area contributed by atoms with Gasteiger partial charge < -0.3 is 10.1 Å². The predicted molar refractivity (Wildman–Crippen MR) is 107 cm³/mol. The van der Waals surface area contributed by atoms with Crippen molar-refractivity contribution in [3.05, 3.63) is 45.9 Å². The van der Waals surface area contributed by atoms with Crippen LogP contribution in [0.15, 0.2) is 30.3 Å². The highest BCUT2D eigenvalue weighted by molar-refractivity contribution is 7.20. The van der Waals surface area contributed by atoms with Gasteiger partial charge >= 0.3 is 5.97 Å². The molecular weight excluding hydrogens is 386 g/mol. The Balaban J connectivity index is 1.86. The predicted octanol–water partition coefficient (Wildman–Crippen LogP) is 4.12. The van der Waals surface area contributed by atoms with Crippen molar-refractivity contribution in [1.29, 1.82) is 0 Å². The van der Waals surface area contributed by atoms with E-state index in [1.165, 1.54) is 11.3 Å². The number of hydrogen-bond donors (Lipinski definition) is 1. The molecule has 0 aliphatic carbocycles. The van der Waals surface area contributed by atoms with Gasteiger partial charge in [0.15, 0.2) is 6.10 Å². The van der Waals surface area contributed by atoms with E-state index in [2.05, 4.69) is 10.4 Å². The number of carbonyl (C=O) groups excluding carboxylic acids is 2. The molecule has 142 valence electrons. The normalized spacial score (nSPS) is 12.4. The summed E-state index contributed by atoms with van der Waals surface area (Å²) in [6.07, 6.45) is -0.862. The minimum atomic E-state index is -0.862. The van der Waals surface area contributed by atoms with Gasteiger partial charge in [0, 0.05) is 16.5 Å². The van der Waals surface area contributed by atoms with Crippen molar-refractivity contribution < 1.29 is 14.3 Å². The van der Waals surface area contributed by atoms with Crippen molar-refractivity contribution in [1.82, 2.24) is 15.1 Å². The SMILES string of the molecule is Cc1nn(-c2ccc(Cl)cc2)c2sc(C(=O)OC(C)C(=O)NC(C)C)cc12. The van der Waals surface area contributed by atoms with E-state index in [-0.39, 0.29) is 11.9 Å². The number of esters is 1. The summed E-state index contributed by atoms with van der Waals surface area (Å²) in [5.74, 6) is -0.840. The minimum absolute atomic E-state index is 0.0176. The quantitative estimate of drug-likeness (QED) is 0.648. The number of rotatable bonds is 5. The molecule has 2 aromatic heterocycles. The Morgan fingerprint density at radius 3 is 2.52 bits per heavy atom. The monoisotopic (exact) mass is 405 g/mol. The first-order valence-electron chi connectivity index (χ1n) is 8.52. The Labute approximate surface area is 166 Å². The molecule has 0 spiro atoms. The van der Waals surface area contributed by atoms with E-state index in [0.717, 1.165) is 21.6 Å². The molecule has 0 aliphatic rings. The molecule has 0 fully saturated rings. The van der Waals surface area contributed by atoms with Gasteiger partial charge in [-0.2, -0.15) is 5.10 Å². The van der Waals surface area contributed by atoms with Gasteiger partial charge in [-0.3, -0.25) is 4.79 Å². The fourth-order valence-electron chi connectivity index (χ4n) is 2.58. The summed E-state index contributed by atoms with van der Waals surface area (Å²) in [6, 6.07) is 9.05. The molecule has 8 heteroatoms. The molecule has 1 aromatic carbocycles. The lowest BCUT2D eigenvalue weighted by Gasteiger charge is -2.14. The molecule has 27 heavy (non-hydrogen) atoms. The van der Waals surface area contributed by atoms with Gasteiger partial charge in [-0.25, -0.2) is 9.48 Å².